The van der Waals surface area contributed by atoms with Crippen LogP contribution >= 0.6 is 0 Å². The number of nitrogens with zero attached hydrogens (tertiary/aromatic N) is 3. The molecular weight excluding hydrogens is 344 g/mol. The van der Waals surface area contributed by atoms with Gasteiger partial charge in [-0.15, -0.1) is 0 Å². The van der Waals surface area contributed by atoms with Crippen molar-refractivity contribution in [3.8, 4) is 0 Å². The third-order valence-corrected chi connectivity index (χ3v) is 4.58. The van der Waals surface area contributed by atoms with Crippen LogP contribution in [-0.4, -0.2) is 50.8 Å². The second kappa shape index (κ2) is 8.21. The molecule has 0 aliphatic carbocycles. The number of hydrogen-bond donors (Lipinski definition) is 2. The summed E-state index contributed by atoms with van der Waals surface area (Å²) in [5.41, 5.74) is 1.73. The molecule has 0 amide bonds. The van der Waals surface area contributed by atoms with E-state index >= 15 is 0 Å². The summed E-state index contributed by atoms with van der Waals surface area (Å²) in [6.45, 7) is 9.99. The lowest BCUT2D eigenvalue weighted by Crippen LogP contribution is -2.42. The highest BCUT2D eigenvalue weighted by Gasteiger charge is 2.27. The summed E-state index contributed by atoms with van der Waals surface area (Å²) in [5.74, 6) is 0.711. The van der Waals surface area contributed by atoms with Gasteiger partial charge in [-0.25, -0.2) is 9.98 Å². The summed E-state index contributed by atoms with van der Waals surface area (Å²) in [7, 11) is 0. The Labute approximate surface area is 160 Å². The van der Waals surface area contributed by atoms with E-state index in [1.165, 1.54) is 0 Å². The van der Waals surface area contributed by atoms with Crippen LogP contribution < -0.4 is 5.32 Å². The van der Waals surface area contributed by atoms with E-state index in [-0.39, 0.29) is 16.6 Å². The number of rotatable bonds is 7. The van der Waals surface area contributed by atoms with Crippen molar-refractivity contribution < 1.29 is 15.3 Å². The van der Waals surface area contributed by atoms with Gasteiger partial charge in [-0.1, -0.05) is 12.1 Å². The molecule has 0 fully saturated rings. The van der Waals surface area contributed by atoms with Crippen LogP contribution in [0.2, 0.25) is 0 Å². The molecule has 2 heterocycles. The van der Waals surface area contributed by atoms with E-state index in [1.54, 1.807) is 12.5 Å². The number of aliphatic hydroxyl groups is 1. The van der Waals surface area contributed by atoms with Gasteiger partial charge in [-0.2, -0.15) is 0 Å². The number of hydrogen-bond acceptors (Lipinski definition) is 5. The first-order valence-corrected chi connectivity index (χ1v) is 8.98. The molecule has 0 spiro atoms. The molecule has 0 saturated carbocycles. The maximum absolute atomic E-state index is 10.2. The Kier molecular flexibility index (Phi) is 6.41. The fourth-order valence-corrected chi connectivity index (χ4v) is 2.94. The van der Waals surface area contributed by atoms with Crippen LogP contribution in [0.25, 0.3) is 0 Å². The van der Waals surface area contributed by atoms with Gasteiger partial charge in [0, 0.05) is 30.0 Å². The molecular formula is C20H30N4O3. The molecule has 1 aliphatic rings. The zero-order chi connectivity index (χ0) is 18.8. The highest BCUT2D eigenvalue weighted by Crippen LogP contribution is 2.24. The van der Waals surface area contributed by atoms with Crippen molar-refractivity contribution in [2.45, 2.75) is 51.4 Å². The number of imidazole rings is 1. The number of aromatic nitrogens is 2. The average molecular weight is 374 g/mol. The van der Waals surface area contributed by atoms with E-state index in [4.69, 9.17) is 4.74 Å². The summed E-state index contributed by atoms with van der Waals surface area (Å²) in [5, 5.41) is 13.7. The van der Waals surface area contributed by atoms with Gasteiger partial charge in [-0.3, -0.25) is 0 Å². The Morgan fingerprint density at radius 1 is 1.30 bits per heavy atom. The largest absolute Gasteiger partial charge is 0.475 e. The highest BCUT2D eigenvalue weighted by molar-refractivity contribution is 5.95. The van der Waals surface area contributed by atoms with Crippen molar-refractivity contribution in [2.75, 3.05) is 13.2 Å². The molecule has 7 nitrogen and oxygen atoms in total. The SMILES string of the molecule is CC1(C)COC(c2ccc(C(C)(C)NCC(O)Cn3ccnc3)cc2)=N1.O. The van der Waals surface area contributed by atoms with Gasteiger partial charge in [0.05, 0.1) is 24.5 Å². The van der Waals surface area contributed by atoms with Crippen molar-refractivity contribution in [1.82, 2.24) is 14.9 Å². The van der Waals surface area contributed by atoms with E-state index in [0.29, 0.717) is 25.6 Å². The first-order chi connectivity index (χ1) is 12.3. The standard InChI is InChI=1S/C20H28N4O2.H2O/c1-19(2)13-26-18(23-19)15-5-7-16(8-6-15)20(3,4)22-11-17(25)12-24-10-9-21-14-24;/h5-10,14,17,22,25H,11-13H2,1-4H3;1H2. The van der Waals surface area contributed by atoms with Gasteiger partial charge in [0.25, 0.3) is 0 Å². The topological polar surface area (TPSA) is 103 Å². The van der Waals surface area contributed by atoms with Crippen LogP contribution in [-0.2, 0) is 16.8 Å². The molecule has 0 saturated heterocycles. The first-order valence-electron chi connectivity index (χ1n) is 8.98. The number of aliphatic imine (C=N–C) groups is 1. The van der Waals surface area contributed by atoms with Gasteiger partial charge in [0.2, 0.25) is 5.90 Å². The minimum Gasteiger partial charge on any atom is -0.475 e. The van der Waals surface area contributed by atoms with Crippen LogP contribution in [0.15, 0.2) is 48.0 Å². The third kappa shape index (κ3) is 5.38. The monoisotopic (exact) mass is 374 g/mol. The third-order valence-electron chi connectivity index (χ3n) is 4.58. The summed E-state index contributed by atoms with van der Waals surface area (Å²) >= 11 is 0. The molecule has 4 N–H and O–H groups in total. The summed E-state index contributed by atoms with van der Waals surface area (Å²) in [6.07, 6.45) is 4.79. The Balaban J connectivity index is 0.00000261. The molecule has 3 rings (SSSR count). The lowest BCUT2D eigenvalue weighted by molar-refractivity contribution is 0.140. The van der Waals surface area contributed by atoms with Crippen LogP contribution in [0.1, 0.15) is 38.8 Å². The number of ether oxygens (including phenoxy) is 1. The van der Waals surface area contributed by atoms with Gasteiger partial charge in [0.15, 0.2) is 0 Å². The van der Waals surface area contributed by atoms with Gasteiger partial charge in [-0.05, 0) is 45.4 Å². The molecule has 7 heteroatoms. The second-order valence-electron chi connectivity index (χ2n) is 8.01. The van der Waals surface area contributed by atoms with Gasteiger partial charge in [0.1, 0.15) is 6.61 Å². The molecule has 148 valence electrons. The van der Waals surface area contributed by atoms with E-state index in [2.05, 4.69) is 55.1 Å². The van der Waals surface area contributed by atoms with E-state index in [0.717, 1.165) is 11.1 Å². The van der Waals surface area contributed by atoms with Crippen molar-refractivity contribution >= 4 is 5.90 Å². The number of aliphatic hydroxyl groups excluding tert-OH is 1. The Morgan fingerprint density at radius 2 is 2.00 bits per heavy atom. The smallest absolute Gasteiger partial charge is 0.216 e. The molecule has 27 heavy (non-hydrogen) atoms. The van der Waals surface area contributed by atoms with E-state index < -0.39 is 6.10 Å². The quantitative estimate of drug-likeness (QED) is 0.766. The average Bonchev–Trinajstić information content (AvgIpc) is 3.22. The Hall–Kier alpha value is -2.22. The van der Waals surface area contributed by atoms with Crippen LogP contribution in [0, 0.1) is 0 Å². The van der Waals surface area contributed by atoms with Crippen molar-refractivity contribution in [3.05, 3.63) is 54.1 Å². The molecule has 1 aliphatic heterocycles. The van der Waals surface area contributed by atoms with Crippen molar-refractivity contribution in [2.24, 2.45) is 4.99 Å². The molecule has 0 bridgehead atoms. The lowest BCUT2D eigenvalue weighted by atomic mass is 9.93. The normalized spacial score (nSPS) is 17.0. The maximum atomic E-state index is 10.2. The molecule has 1 atom stereocenters. The predicted molar refractivity (Wildman–Crippen MR) is 106 cm³/mol. The number of nitrogens with one attached hydrogen (secondary N) is 1. The minimum absolute atomic E-state index is 0. The van der Waals surface area contributed by atoms with E-state index in [1.807, 2.05) is 22.9 Å². The molecule has 0 radical (unpaired) electrons. The van der Waals surface area contributed by atoms with Crippen LogP contribution in [0.5, 0.6) is 0 Å². The van der Waals surface area contributed by atoms with Gasteiger partial charge < -0.3 is 25.2 Å². The summed E-state index contributed by atoms with van der Waals surface area (Å²) < 4.78 is 7.58. The lowest BCUT2D eigenvalue weighted by Gasteiger charge is -2.28. The van der Waals surface area contributed by atoms with Crippen LogP contribution in [0.3, 0.4) is 0 Å². The predicted octanol–water partition coefficient (Wildman–Crippen LogP) is 1.50. The maximum Gasteiger partial charge on any atom is 0.216 e. The van der Waals surface area contributed by atoms with Gasteiger partial charge >= 0.3 is 0 Å². The minimum atomic E-state index is -0.480. The van der Waals surface area contributed by atoms with Crippen LogP contribution in [0.4, 0.5) is 0 Å². The van der Waals surface area contributed by atoms with Crippen molar-refractivity contribution in [3.63, 3.8) is 0 Å². The molecule has 1 unspecified atom stereocenters. The Bertz CT molecular complexity index is 752. The molecule has 1 aromatic heterocycles. The Morgan fingerprint density at radius 3 is 2.56 bits per heavy atom. The summed E-state index contributed by atoms with van der Waals surface area (Å²) in [6, 6.07) is 8.26. The second-order valence-corrected chi connectivity index (χ2v) is 8.01. The fraction of sp³-hybridized carbons (Fsp3) is 0.500. The number of benzene rings is 1. The fourth-order valence-electron chi connectivity index (χ4n) is 2.94. The first kappa shape index (κ1) is 21.1. The zero-order valence-electron chi connectivity index (χ0n) is 16.4. The van der Waals surface area contributed by atoms with E-state index in [9.17, 15) is 5.11 Å². The summed E-state index contributed by atoms with van der Waals surface area (Å²) in [4.78, 5) is 8.61. The molecule has 1 aromatic carbocycles. The zero-order valence-corrected chi connectivity index (χ0v) is 16.4. The molecule has 2 aromatic rings. The van der Waals surface area contributed by atoms with Crippen molar-refractivity contribution in [1.29, 1.82) is 0 Å². The highest BCUT2D eigenvalue weighted by atomic mass is 16.5.